The number of benzene rings is 2. The van der Waals surface area contributed by atoms with Gasteiger partial charge >= 0.3 is 11.9 Å². The second-order valence-corrected chi connectivity index (χ2v) is 4.50. The first-order valence-electron chi connectivity index (χ1n) is 6.28. The van der Waals surface area contributed by atoms with Gasteiger partial charge in [0.2, 0.25) is 0 Å². The Bertz CT molecular complexity index is 746. The third-order valence-electron chi connectivity index (χ3n) is 2.95. The molecule has 0 amide bonds. The Labute approximate surface area is 125 Å². The van der Waals surface area contributed by atoms with Gasteiger partial charge in [0.15, 0.2) is 5.78 Å². The van der Waals surface area contributed by atoms with Crippen molar-refractivity contribution in [2.24, 2.45) is 0 Å². The van der Waals surface area contributed by atoms with E-state index in [1.807, 2.05) is 0 Å². The summed E-state index contributed by atoms with van der Waals surface area (Å²) in [5.41, 5.74) is 0.110. The maximum absolute atomic E-state index is 11.2. The average Bonchev–Trinajstić information content (AvgIpc) is 2.47. The Morgan fingerprint density at radius 1 is 0.864 bits per heavy atom. The highest BCUT2D eigenvalue weighted by atomic mass is 16.5. The lowest BCUT2D eigenvalue weighted by Crippen LogP contribution is -2.04. The molecule has 22 heavy (non-hydrogen) atoms. The number of ketones is 1. The number of ether oxygens (including phenoxy) is 1. The zero-order chi connectivity index (χ0) is 16.3. The van der Waals surface area contributed by atoms with Crippen molar-refractivity contribution in [3.8, 4) is 11.5 Å². The highest BCUT2D eigenvalue weighted by Gasteiger charge is 2.15. The summed E-state index contributed by atoms with van der Waals surface area (Å²) < 4.78 is 5.46. The normalized spacial score (nSPS) is 10.0. The number of carboxylic acid groups (broad SMARTS) is 2. The first-order valence-corrected chi connectivity index (χ1v) is 6.28. The monoisotopic (exact) mass is 300 g/mol. The molecule has 0 unspecified atom stereocenters. The van der Waals surface area contributed by atoms with E-state index in [1.54, 1.807) is 12.1 Å². The first kappa shape index (κ1) is 15.2. The van der Waals surface area contributed by atoms with Gasteiger partial charge in [-0.3, -0.25) is 4.79 Å². The molecule has 112 valence electrons. The molecule has 0 radical (unpaired) electrons. The third-order valence-corrected chi connectivity index (χ3v) is 2.95. The largest absolute Gasteiger partial charge is 0.478 e. The SMILES string of the molecule is CC(=O)c1ccc(Oc2ccc(C(=O)O)cc2C(=O)O)cc1. The number of carbonyl (C=O) groups is 3. The molecule has 0 aliphatic carbocycles. The highest BCUT2D eigenvalue weighted by molar-refractivity contribution is 5.96. The van der Waals surface area contributed by atoms with Gasteiger partial charge in [-0.2, -0.15) is 0 Å². The van der Waals surface area contributed by atoms with E-state index in [2.05, 4.69) is 0 Å². The Balaban J connectivity index is 2.34. The van der Waals surface area contributed by atoms with Crippen molar-refractivity contribution in [1.29, 1.82) is 0 Å². The fourth-order valence-electron chi connectivity index (χ4n) is 1.80. The predicted octanol–water partition coefficient (Wildman–Crippen LogP) is 3.08. The van der Waals surface area contributed by atoms with Crippen LogP contribution in [0.2, 0.25) is 0 Å². The van der Waals surface area contributed by atoms with Crippen molar-refractivity contribution in [2.75, 3.05) is 0 Å². The molecule has 6 nitrogen and oxygen atoms in total. The lowest BCUT2D eigenvalue weighted by molar-refractivity contribution is 0.0694. The number of carboxylic acids is 2. The minimum Gasteiger partial charge on any atom is -0.478 e. The molecule has 0 aromatic heterocycles. The Morgan fingerprint density at radius 3 is 1.95 bits per heavy atom. The van der Waals surface area contributed by atoms with E-state index in [0.29, 0.717) is 11.3 Å². The molecular formula is C16H12O6. The summed E-state index contributed by atoms with van der Waals surface area (Å²) in [6.07, 6.45) is 0. The van der Waals surface area contributed by atoms with E-state index in [0.717, 1.165) is 6.07 Å². The van der Waals surface area contributed by atoms with Gasteiger partial charge in [0.05, 0.1) is 5.56 Å². The van der Waals surface area contributed by atoms with Crippen molar-refractivity contribution in [3.63, 3.8) is 0 Å². The van der Waals surface area contributed by atoms with E-state index < -0.39 is 11.9 Å². The van der Waals surface area contributed by atoms with E-state index in [9.17, 15) is 14.4 Å². The number of carbonyl (C=O) groups excluding carboxylic acids is 1. The Kier molecular flexibility index (Phi) is 4.22. The molecule has 2 aromatic carbocycles. The van der Waals surface area contributed by atoms with Crippen LogP contribution in [-0.2, 0) is 0 Å². The topological polar surface area (TPSA) is 101 Å². The Morgan fingerprint density at radius 2 is 1.45 bits per heavy atom. The molecular weight excluding hydrogens is 288 g/mol. The molecule has 0 heterocycles. The van der Waals surface area contributed by atoms with E-state index >= 15 is 0 Å². The van der Waals surface area contributed by atoms with Crippen LogP contribution in [0.4, 0.5) is 0 Å². The second kappa shape index (κ2) is 6.09. The molecule has 2 N–H and O–H groups in total. The maximum atomic E-state index is 11.2. The van der Waals surface area contributed by atoms with Crippen molar-refractivity contribution in [1.82, 2.24) is 0 Å². The lowest BCUT2D eigenvalue weighted by Gasteiger charge is -2.09. The number of aromatic carboxylic acids is 2. The molecule has 0 spiro atoms. The lowest BCUT2D eigenvalue weighted by atomic mass is 10.1. The molecule has 2 aromatic rings. The van der Waals surface area contributed by atoms with Crippen LogP contribution in [0.1, 0.15) is 38.0 Å². The highest BCUT2D eigenvalue weighted by Crippen LogP contribution is 2.27. The predicted molar refractivity (Wildman–Crippen MR) is 76.9 cm³/mol. The minimum absolute atomic E-state index is 0.0214. The maximum Gasteiger partial charge on any atom is 0.339 e. The van der Waals surface area contributed by atoms with Crippen LogP contribution in [0.25, 0.3) is 0 Å². The Hall–Kier alpha value is -3.15. The average molecular weight is 300 g/mol. The summed E-state index contributed by atoms with van der Waals surface area (Å²) in [5.74, 6) is -2.24. The van der Waals surface area contributed by atoms with Crippen molar-refractivity contribution >= 4 is 17.7 Å². The van der Waals surface area contributed by atoms with Crippen LogP contribution in [0.5, 0.6) is 11.5 Å². The molecule has 0 bridgehead atoms. The van der Waals surface area contributed by atoms with Crippen LogP contribution < -0.4 is 4.74 Å². The summed E-state index contributed by atoms with van der Waals surface area (Å²) in [6.45, 7) is 1.43. The van der Waals surface area contributed by atoms with Crippen molar-refractivity contribution in [2.45, 2.75) is 6.92 Å². The van der Waals surface area contributed by atoms with E-state index in [4.69, 9.17) is 14.9 Å². The summed E-state index contributed by atoms with van der Waals surface area (Å²) in [4.78, 5) is 33.3. The molecule has 6 heteroatoms. The quantitative estimate of drug-likeness (QED) is 0.823. The standard InChI is InChI=1S/C16H12O6/c1-9(17)10-2-5-12(6-3-10)22-14-7-4-11(15(18)19)8-13(14)16(20)21/h2-8H,1H3,(H,18,19)(H,20,21). The van der Waals surface area contributed by atoms with Gasteiger partial charge in [0, 0.05) is 5.56 Å². The molecule has 0 aliphatic heterocycles. The molecule has 0 atom stereocenters. The summed E-state index contributed by atoms with van der Waals surface area (Å²) in [5, 5.41) is 18.0. The fraction of sp³-hybridized carbons (Fsp3) is 0.0625. The summed E-state index contributed by atoms with van der Waals surface area (Å²) >= 11 is 0. The zero-order valence-electron chi connectivity index (χ0n) is 11.6. The van der Waals surface area contributed by atoms with Gasteiger partial charge in [-0.25, -0.2) is 9.59 Å². The fourth-order valence-corrected chi connectivity index (χ4v) is 1.80. The molecule has 0 fully saturated rings. The van der Waals surface area contributed by atoms with Gasteiger partial charge in [-0.1, -0.05) is 0 Å². The molecule has 0 saturated carbocycles. The second-order valence-electron chi connectivity index (χ2n) is 4.50. The van der Waals surface area contributed by atoms with Crippen LogP contribution in [-0.4, -0.2) is 27.9 Å². The molecule has 2 rings (SSSR count). The van der Waals surface area contributed by atoms with Gasteiger partial charge < -0.3 is 14.9 Å². The molecule has 0 aliphatic rings. The van der Waals surface area contributed by atoms with E-state index in [1.165, 1.54) is 31.2 Å². The van der Waals surface area contributed by atoms with Gasteiger partial charge in [0.25, 0.3) is 0 Å². The van der Waals surface area contributed by atoms with E-state index in [-0.39, 0.29) is 22.7 Å². The zero-order valence-corrected chi connectivity index (χ0v) is 11.6. The molecule has 0 saturated heterocycles. The number of hydrogen-bond acceptors (Lipinski definition) is 4. The van der Waals surface area contributed by atoms with Gasteiger partial charge in [-0.15, -0.1) is 0 Å². The van der Waals surface area contributed by atoms with Crippen molar-refractivity contribution in [3.05, 3.63) is 59.2 Å². The number of Topliss-reactive ketones (excluding diaryl/α,β-unsaturated/α-hetero) is 1. The van der Waals surface area contributed by atoms with Crippen LogP contribution >= 0.6 is 0 Å². The smallest absolute Gasteiger partial charge is 0.339 e. The number of hydrogen-bond donors (Lipinski definition) is 2. The van der Waals surface area contributed by atoms with Crippen LogP contribution in [0.3, 0.4) is 0 Å². The minimum atomic E-state index is -1.29. The third kappa shape index (κ3) is 3.29. The number of rotatable bonds is 5. The van der Waals surface area contributed by atoms with Crippen LogP contribution in [0.15, 0.2) is 42.5 Å². The van der Waals surface area contributed by atoms with Gasteiger partial charge in [0.1, 0.15) is 17.1 Å². The van der Waals surface area contributed by atoms with Crippen LogP contribution in [0, 0.1) is 0 Å². The first-order chi connectivity index (χ1) is 10.4. The van der Waals surface area contributed by atoms with Gasteiger partial charge in [-0.05, 0) is 49.4 Å². The van der Waals surface area contributed by atoms with Crippen molar-refractivity contribution < 1.29 is 29.3 Å². The summed E-state index contributed by atoms with van der Waals surface area (Å²) in [7, 11) is 0. The summed E-state index contributed by atoms with van der Waals surface area (Å²) in [6, 6.07) is 9.76.